The van der Waals surface area contributed by atoms with Gasteiger partial charge in [-0.3, -0.25) is 0 Å². The Morgan fingerprint density at radius 3 is 2.78 bits per heavy atom. The number of fused-ring (bicyclic) bond motifs is 2. The van der Waals surface area contributed by atoms with E-state index < -0.39 is 10.0 Å². The van der Waals surface area contributed by atoms with E-state index in [-0.39, 0.29) is 29.6 Å². The molecule has 1 aromatic heterocycles. The first-order valence-corrected chi connectivity index (χ1v) is 7.41. The van der Waals surface area contributed by atoms with Gasteiger partial charge >= 0.3 is 0 Å². The minimum atomic E-state index is -3.45. The quantitative estimate of drug-likeness (QED) is 0.890. The van der Waals surface area contributed by atoms with Crippen molar-refractivity contribution in [1.82, 2.24) is 9.62 Å². The molecule has 0 aliphatic carbocycles. The molecule has 0 saturated carbocycles. The molecular formula is C11H17ClN2O3S. The number of hydrogen-bond acceptors (Lipinski definition) is 4. The summed E-state index contributed by atoms with van der Waals surface area (Å²) in [6.07, 6.45) is 4.20. The van der Waals surface area contributed by atoms with Gasteiger partial charge in [0.05, 0.1) is 6.26 Å². The normalized spacial score (nSPS) is 28.7. The van der Waals surface area contributed by atoms with Crippen LogP contribution in [0.3, 0.4) is 0 Å². The topological polar surface area (TPSA) is 62.6 Å². The molecule has 2 unspecified atom stereocenters. The lowest BCUT2D eigenvalue weighted by Gasteiger charge is -2.25. The van der Waals surface area contributed by atoms with Crippen molar-refractivity contribution in [2.24, 2.45) is 0 Å². The zero-order valence-corrected chi connectivity index (χ0v) is 11.5. The van der Waals surface area contributed by atoms with Crippen molar-refractivity contribution in [3.63, 3.8) is 0 Å². The summed E-state index contributed by atoms with van der Waals surface area (Å²) in [5.41, 5.74) is 0. The number of rotatable bonds is 2. The van der Waals surface area contributed by atoms with Gasteiger partial charge in [0.15, 0.2) is 0 Å². The second-order valence-corrected chi connectivity index (χ2v) is 6.42. The summed E-state index contributed by atoms with van der Waals surface area (Å²) in [5.74, 6) is 0. The predicted octanol–water partition coefficient (Wildman–Crippen LogP) is 1.22. The number of halogens is 1. The van der Waals surface area contributed by atoms with E-state index in [4.69, 9.17) is 4.42 Å². The van der Waals surface area contributed by atoms with Gasteiger partial charge in [0.1, 0.15) is 0 Å². The summed E-state index contributed by atoms with van der Waals surface area (Å²) in [5, 5.41) is 3.36. The Kier molecular flexibility index (Phi) is 4.01. The van der Waals surface area contributed by atoms with Crippen LogP contribution in [0.1, 0.15) is 19.3 Å². The number of furan rings is 1. The fraction of sp³-hybridized carbons (Fsp3) is 0.636. The van der Waals surface area contributed by atoms with Gasteiger partial charge < -0.3 is 9.73 Å². The van der Waals surface area contributed by atoms with Crippen molar-refractivity contribution in [3.05, 3.63) is 18.4 Å². The fourth-order valence-electron chi connectivity index (χ4n) is 2.85. The largest absolute Gasteiger partial charge is 0.452 e. The van der Waals surface area contributed by atoms with Crippen LogP contribution in [-0.4, -0.2) is 37.9 Å². The Hall–Kier alpha value is -0.560. The van der Waals surface area contributed by atoms with Gasteiger partial charge in [-0.05, 0) is 37.9 Å². The molecule has 0 amide bonds. The molecule has 2 aliphatic heterocycles. The van der Waals surface area contributed by atoms with Gasteiger partial charge in [-0.2, -0.15) is 4.31 Å². The van der Waals surface area contributed by atoms with Gasteiger partial charge in [-0.1, -0.05) is 0 Å². The van der Waals surface area contributed by atoms with Crippen molar-refractivity contribution in [1.29, 1.82) is 0 Å². The molecule has 2 fully saturated rings. The molecule has 0 radical (unpaired) electrons. The first-order chi connectivity index (χ1) is 8.19. The SMILES string of the molecule is Cl.O=S(=O)(c1ccco1)N1C2CCNCC1CC2. The lowest BCUT2D eigenvalue weighted by molar-refractivity contribution is 0.320. The van der Waals surface area contributed by atoms with Crippen LogP contribution in [0.2, 0.25) is 0 Å². The van der Waals surface area contributed by atoms with E-state index in [0.717, 1.165) is 32.4 Å². The van der Waals surface area contributed by atoms with E-state index in [0.29, 0.717) is 0 Å². The van der Waals surface area contributed by atoms with E-state index >= 15 is 0 Å². The maximum atomic E-state index is 12.5. The van der Waals surface area contributed by atoms with E-state index in [2.05, 4.69) is 5.32 Å². The number of nitrogens with zero attached hydrogens (tertiary/aromatic N) is 1. The van der Waals surface area contributed by atoms with E-state index in [1.54, 1.807) is 10.4 Å². The Morgan fingerprint density at radius 2 is 2.06 bits per heavy atom. The van der Waals surface area contributed by atoms with Crippen LogP contribution in [0, 0.1) is 0 Å². The first kappa shape index (κ1) is 13.9. The molecule has 2 atom stereocenters. The van der Waals surface area contributed by atoms with Crippen LogP contribution < -0.4 is 5.32 Å². The van der Waals surface area contributed by atoms with Crippen molar-refractivity contribution < 1.29 is 12.8 Å². The standard InChI is InChI=1S/C11H16N2O3S.ClH/c14-17(15,11-2-1-7-16-11)13-9-3-4-10(13)8-12-6-5-9;/h1-2,7,9-10,12H,3-6,8H2;1H. The van der Waals surface area contributed by atoms with E-state index in [1.807, 2.05) is 0 Å². The maximum Gasteiger partial charge on any atom is 0.276 e. The summed E-state index contributed by atoms with van der Waals surface area (Å²) >= 11 is 0. The molecular weight excluding hydrogens is 276 g/mol. The Morgan fingerprint density at radius 1 is 1.28 bits per heavy atom. The van der Waals surface area contributed by atoms with Crippen molar-refractivity contribution in [3.8, 4) is 0 Å². The van der Waals surface area contributed by atoms with E-state index in [9.17, 15) is 8.42 Å². The second kappa shape index (κ2) is 5.21. The third-order valence-corrected chi connectivity index (χ3v) is 5.51. The monoisotopic (exact) mass is 292 g/mol. The lowest BCUT2D eigenvalue weighted by Crippen LogP contribution is -2.42. The molecule has 3 heterocycles. The zero-order chi connectivity index (χ0) is 11.9. The zero-order valence-electron chi connectivity index (χ0n) is 9.91. The molecule has 18 heavy (non-hydrogen) atoms. The highest BCUT2D eigenvalue weighted by Gasteiger charge is 2.43. The number of hydrogen-bond donors (Lipinski definition) is 1. The molecule has 3 rings (SSSR count). The highest BCUT2D eigenvalue weighted by Crippen LogP contribution is 2.33. The summed E-state index contributed by atoms with van der Waals surface area (Å²) in [7, 11) is -3.45. The van der Waals surface area contributed by atoms with Crippen LogP contribution in [-0.2, 0) is 10.0 Å². The van der Waals surface area contributed by atoms with Gasteiger partial charge in [0.2, 0.25) is 5.09 Å². The molecule has 2 saturated heterocycles. The highest BCUT2D eigenvalue weighted by atomic mass is 35.5. The smallest absolute Gasteiger partial charge is 0.276 e. The third-order valence-electron chi connectivity index (χ3n) is 3.61. The Bertz CT molecular complexity index is 474. The molecule has 2 bridgehead atoms. The molecule has 2 aliphatic rings. The summed E-state index contributed by atoms with van der Waals surface area (Å²) in [6.45, 7) is 1.64. The molecule has 0 spiro atoms. The summed E-state index contributed by atoms with van der Waals surface area (Å²) in [4.78, 5) is 0. The number of nitrogens with one attached hydrogen (secondary N) is 1. The van der Waals surface area contributed by atoms with Crippen molar-refractivity contribution in [2.75, 3.05) is 13.1 Å². The fourth-order valence-corrected chi connectivity index (χ4v) is 4.66. The minimum absolute atomic E-state index is 0. The van der Waals surface area contributed by atoms with Crippen LogP contribution in [0.5, 0.6) is 0 Å². The van der Waals surface area contributed by atoms with Crippen molar-refractivity contribution in [2.45, 2.75) is 36.4 Å². The molecule has 0 aromatic carbocycles. The van der Waals surface area contributed by atoms with Gasteiger partial charge in [0, 0.05) is 18.6 Å². The van der Waals surface area contributed by atoms with Crippen molar-refractivity contribution >= 4 is 22.4 Å². The first-order valence-electron chi connectivity index (χ1n) is 5.97. The maximum absolute atomic E-state index is 12.5. The molecule has 1 aromatic rings. The molecule has 7 heteroatoms. The number of sulfonamides is 1. The Balaban J connectivity index is 0.00000120. The van der Waals surface area contributed by atoms with Crippen LogP contribution >= 0.6 is 12.4 Å². The average Bonchev–Trinajstić information content (AvgIpc) is 2.85. The Labute approximate surface area is 113 Å². The van der Waals surface area contributed by atoms with E-state index in [1.165, 1.54) is 12.3 Å². The molecule has 1 N–H and O–H groups in total. The molecule has 5 nitrogen and oxygen atoms in total. The third kappa shape index (κ3) is 2.18. The van der Waals surface area contributed by atoms with Crippen LogP contribution in [0.15, 0.2) is 27.9 Å². The summed E-state index contributed by atoms with van der Waals surface area (Å²) < 4.78 is 31.7. The van der Waals surface area contributed by atoms with Crippen LogP contribution in [0.4, 0.5) is 0 Å². The summed E-state index contributed by atoms with van der Waals surface area (Å²) in [6, 6.07) is 3.35. The van der Waals surface area contributed by atoms with Gasteiger partial charge in [-0.25, -0.2) is 8.42 Å². The van der Waals surface area contributed by atoms with Gasteiger partial charge in [0.25, 0.3) is 10.0 Å². The molecule has 102 valence electrons. The lowest BCUT2D eigenvalue weighted by atomic mass is 10.1. The van der Waals surface area contributed by atoms with Crippen LogP contribution in [0.25, 0.3) is 0 Å². The predicted molar refractivity (Wildman–Crippen MR) is 69.3 cm³/mol. The average molecular weight is 293 g/mol. The second-order valence-electron chi connectivity index (χ2n) is 4.64. The minimum Gasteiger partial charge on any atom is -0.452 e. The van der Waals surface area contributed by atoms with Gasteiger partial charge in [-0.15, -0.1) is 12.4 Å². The highest BCUT2D eigenvalue weighted by molar-refractivity contribution is 7.89.